The number of rotatable bonds is 8. The molecule has 1 saturated heterocycles. The molecule has 0 spiro atoms. The number of methoxy groups -OCH3 is 2. The summed E-state index contributed by atoms with van der Waals surface area (Å²) in [6.07, 6.45) is -0.615. The number of hydrogen-bond donors (Lipinski definition) is 0. The van der Waals surface area contributed by atoms with E-state index in [9.17, 15) is 4.79 Å². The van der Waals surface area contributed by atoms with Crippen LogP contribution in [-0.2, 0) is 23.7 Å². The van der Waals surface area contributed by atoms with Crippen LogP contribution in [0.3, 0.4) is 0 Å². The van der Waals surface area contributed by atoms with Crippen LogP contribution in [0, 0.1) is 5.41 Å². The summed E-state index contributed by atoms with van der Waals surface area (Å²) in [4.78, 5) is 11.5. The van der Waals surface area contributed by atoms with E-state index in [0.717, 1.165) is 11.6 Å². The van der Waals surface area contributed by atoms with E-state index in [4.69, 9.17) is 18.9 Å². The van der Waals surface area contributed by atoms with Gasteiger partial charge in [-0.2, -0.15) is 0 Å². The number of benzene rings is 1. The molecular weight excluding hydrogens is 375 g/mol. The van der Waals surface area contributed by atoms with Crippen LogP contribution in [0.5, 0.6) is 0 Å². The zero-order valence-electron chi connectivity index (χ0n) is 14.6. The molecule has 0 amide bonds. The molecular formula is C18H26O5Se. The summed E-state index contributed by atoms with van der Waals surface area (Å²) in [6.45, 7) is 4.32. The van der Waals surface area contributed by atoms with Gasteiger partial charge in [0, 0.05) is 0 Å². The van der Waals surface area contributed by atoms with Crippen LogP contribution in [0.1, 0.15) is 13.8 Å². The van der Waals surface area contributed by atoms with E-state index in [1.807, 2.05) is 18.2 Å². The van der Waals surface area contributed by atoms with E-state index in [1.54, 1.807) is 14.2 Å². The Morgan fingerprint density at radius 2 is 1.96 bits per heavy atom. The third-order valence-electron chi connectivity index (χ3n) is 4.42. The molecule has 1 fully saturated rings. The van der Waals surface area contributed by atoms with Gasteiger partial charge in [0.15, 0.2) is 0 Å². The molecule has 1 aromatic rings. The first-order chi connectivity index (χ1) is 11.5. The van der Waals surface area contributed by atoms with Gasteiger partial charge < -0.3 is 0 Å². The predicted octanol–water partition coefficient (Wildman–Crippen LogP) is 1.43. The second kappa shape index (κ2) is 9.09. The Bertz CT molecular complexity index is 507. The van der Waals surface area contributed by atoms with Gasteiger partial charge in [-0.05, 0) is 0 Å². The van der Waals surface area contributed by atoms with Gasteiger partial charge in [-0.25, -0.2) is 0 Å². The zero-order valence-corrected chi connectivity index (χ0v) is 16.4. The minimum atomic E-state index is -0.644. The van der Waals surface area contributed by atoms with Gasteiger partial charge in [0.25, 0.3) is 0 Å². The van der Waals surface area contributed by atoms with Crippen LogP contribution in [0.2, 0.25) is 5.32 Å². The molecule has 24 heavy (non-hydrogen) atoms. The number of carbonyl (C=O) groups excluding carboxylic acids is 1. The summed E-state index contributed by atoms with van der Waals surface area (Å²) in [5, 5.41) is 0.880. The Morgan fingerprint density at radius 1 is 1.25 bits per heavy atom. The van der Waals surface area contributed by atoms with Gasteiger partial charge in [-0.1, -0.05) is 0 Å². The maximum absolute atomic E-state index is 11.5. The van der Waals surface area contributed by atoms with Crippen molar-refractivity contribution in [3.63, 3.8) is 0 Å². The quantitative estimate of drug-likeness (QED) is 0.375. The Balaban J connectivity index is 2.12. The molecule has 0 unspecified atom stereocenters. The summed E-state index contributed by atoms with van der Waals surface area (Å²) >= 11 is 0.273. The fourth-order valence-electron chi connectivity index (χ4n) is 3.04. The van der Waals surface area contributed by atoms with E-state index in [1.165, 1.54) is 4.46 Å². The van der Waals surface area contributed by atoms with Crippen molar-refractivity contribution in [3.8, 4) is 0 Å². The second-order valence-corrected chi connectivity index (χ2v) is 8.66. The molecule has 4 atom stereocenters. The van der Waals surface area contributed by atoms with Gasteiger partial charge in [0.1, 0.15) is 0 Å². The molecule has 1 heterocycles. The van der Waals surface area contributed by atoms with Crippen molar-refractivity contribution in [1.82, 2.24) is 0 Å². The van der Waals surface area contributed by atoms with Crippen molar-refractivity contribution >= 4 is 25.7 Å². The SMILES string of the molecule is COCO[C@@H]1[C@@H](OC)C(C)(C)[C@@H](C[Se]c2ccccc2)O[C@@H]1C=O. The molecule has 5 nitrogen and oxygen atoms in total. The standard InChI is InChI=1S/C18H26O5Se/c1-18(2)15(11-24-13-8-6-5-7-9-13)23-14(10-19)16(17(18)21-4)22-12-20-3/h5-10,14-17H,11-12H2,1-4H3/t14-,15-,16+,17-/m1/s1. The van der Waals surface area contributed by atoms with Crippen LogP contribution in [-0.4, -0.2) is 66.7 Å². The molecule has 0 saturated carbocycles. The van der Waals surface area contributed by atoms with Gasteiger partial charge in [0.2, 0.25) is 0 Å². The topological polar surface area (TPSA) is 54.0 Å². The zero-order chi connectivity index (χ0) is 17.6. The van der Waals surface area contributed by atoms with Gasteiger partial charge in [-0.15, -0.1) is 0 Å². The molecule has 134 valence electrons. The third-order valence-corrected chi connectivity index (χ3v) is 6.67. The summed E-state index contributed by atoms with van der Waals surface area (Å²) in [7, 11) is 3.21. The molecule has 0 radical (unpaired) electrons. The first-order valence-corrected chi connectivity index (χ1v) is 10.0. The van der Waals surface area contributed by atoms with Crippen LogP contribution >= 0.6 is 0 Å². The normalized spacial score (nSPS) is 29.3. The summed E-state index contributed by atoms with van der Waals surface area (Å²) < 4.78 is 23.8. The van der Waals surface area contributed by atoms with E-state index in [0.29, 0.717) is 0 Å². The summed E-state index contributed by atoms with van der Waals surface area (Å²) in [5.74, 6) is 0. The molecule has 2 rings (SSSR count). The van der Waals surface area contributed by atoms with Crippen molar-refractivity contribution in [2.75, 3.05) is 21.0 Å². The van der Waals surface area contributed by atoms with E-state index < -0.39 is 12.2 Å². The maximum atomic E-state index is 11.5. The summed E-state index contributed by atoms with van der Waals surface area (Å²) in [5.41, 5.74) is -0.275. The Labute approximate surface area is 150 Å². The second-order valence-electron chi connectivity index (χ2n) is 6.36. The predicted molar refractivity (Wildman–Crippen MR) is 92.7 cm³/mol. The number of aldehydes is 1. The van der Waals surface area contributed by atoms with Crippen molar-refractivity contribution < 1.29 is 23.7 Å². The number of carbonyl (C=O) groups is 1. The Morgan fingerprint density at radius 3 is 2.54 bits per heavy atom. The molecule has 1 aliphatic heterocycles. The summed E-state index contributed by atoms with van der Waals surface area (Å²) in [6, 6.07) is 10.4. The van der Waals surface area contributed by atoms with E-state index >= 15 is 0 Å². The molecule has 1 aromatic carbocycles. The van der Waals surface area contributed by atoms with Crippen LogP contribution < -0.4 is 4.46 Å². The first-order valence-electron chi connectivity index (χ1n) is 7.96. The van der Waals surface area contributed by atoms with Crippen molar-refractivity contribution in [3.05, 3.63) is 30.3 Å². The van der Waals surface area contributed by atoms with Crippen molar-refractivity contribution in [2.45, 2.75) is 43.6 Å². The fraction of sp³-hybridized carbons (Fsp3) is 0.611. The molecule has 0 aliphatic carbocycles. The minimum absolute atomic E-state index is 0.0692. The molecule has 1 aliphatic rings. The Hall–Kier alpha value is -0.751. The van der Waals surface area contributed by atoms with Crippen LogP contribution in [0.4, 0.5) is 0 Å². The van der Waals surface area contributed by atoms with E-state index in [-0.39, 0.29) is 39.4 Å². The molecule has 0 aromatic heterocycles. The molecule has 6 heteroatoms. The Kier molecular flexibility index (Phi) is 7.41. The van der Waals surface area contributed by atoms with Gasteiger partial charge in [0.05, 0.1) is 0 Å². The van der Waals surface area contributed by atoms with Crippen LogP contribution in [0.15, 0.2) is 30.3 Å². The average molecular weight is 401 g/mol. The fourth-order valence-corrected chi connectivity index (χ4v) is 5.56. The monoisotopic (exact) mass is 402 g/mol. The number of ether oxygens (including phenoxy) is 4. The van der Waals surface area contributed by atoms with Gasteiger partial charge in [-0.3, -0.25) is 0 Å². The van der Waals surface area contributed by atoms with E-state index in [2.05, 4.69) is 26.0 Å². The average Bonchev–Trinajstić information content (AvgIpc) is 2.59. The molecule has 0 bridgehead atoms. The third kappa shape index (κ3) is 4.45. The number of hydrogen-bond acceptors (Lipinski definition) is 5. The molecule has 0 N–H and O–H groups in total. The van der Waals surface area contributed by atoms with Gasteiger partial charge >= 0.3 is 150 Å². The van der Waals surface area contributed by atoms with Crippen molar-refractivity contribution in [1.29, 1.82) is 0 Å². The van der Waals surface area contributed by atoms with Crippen molar-refractivity contribution in [2.24, 2.45) is 5.41 Å². The first kappa shape index (κ1) is 19.6. The van der Waals surface area contributed by atoms with Crippen LogP contribution in [0.25, 0.3) is 0 Å².